The lowest BCUT2D eigenvalue weighted by molar-refractivity contribution is -0.130. The van der Waals surface area contributed by atoms with Crippen molar-refractivity contribution in [2.45, 2.75) is 38.9 Å². The molecular weight excluding hydrogens is 280 g/mol. The molecule has 0 radical (unpaired) electrons. The molecule has 1 N–H and O–H groups in total. The van der Waals surface area contributed by atoms with Gasteiger partial charge in [0.15, 0.2) is 0 Å². The van der Waals surface area contributed by atoms with Gasteiger partial charge in [-0.05, 0) is 36.3 Å². The van der Waals surface area contributed by atoms with Gasteiger partial charge in [0.25, 0.3) is 0 Å². The summed E-state index contributed by atoms with van der Waals surface area (Å²) < 4.78 is 0. The minimum absolute atomic E-state index is 0.0705. The molecular formula is C17H26N2OS. The number of thioether (sulfide) groups is 1. The predicted molar refractivity (Wildman–Crippen MR) is 90.4 cm³/mol. The highest BCUT2D eigenvalue weighted by molar-refractivity contribution is 7.98. The van der Waals surface area contributed by atoms with Crippen LogP contribution in [-0.4, -0.2) is 41.6 Å². The molecule has 1 saturated heterocycles. The molecule has 0 saturated carbocycles. The largest absolute Gasteiger partial charge is 0.326 e. The van der Waals surface area contributed by atoms with E-state index in [1.54, 1.807) is 0 Å². The van der Waals surface area contributed by atoms with E-state index in [0.29, 0.717) is 5.92 Å². The maximum absolute atomic E-state index is 12.7. The van der Waals surface area contributed by atoms with Gasteiger partial charge in [-0.15, -0.1) is 0 Å². The lowest BCUT2D eigenvalue weighted by Gasteiger charge is -2.26. The zero-order valence-electron chi connectivity index (χ0n) is 13.2. The Kier molecular flexibility index (Phi) is 6.12. The molecule has 3 nitrogen and oxygen atoms in total. The number of rotatable bonds is 7. The van der Waals surface area contributed by atoms with Crippen molar-refractivity contribution in [1.82, 2.24) is 10.2 Å². The molecule has 1 aliphatic heterocycles. The van der Waals surface area contributed by atoms with Gasteiger partial charge >= 0.3 is 0 Å². The third-order valence-electron chi connectivity index (χ3n) is 3.98. The Balaban J connectivity index is 2.01. The van der Waals surface area contributed by atoms with E-state index in [1.165, 1.54) is 5.56 Å². The number of hydrogen-bond acceptors (Lipinski definition) is 3. The SMILES string of the molecule is CCC1NC(Cc2ccccc2)C(=O)N1CC(C)CSC. The van der Waals surface area contributed by atoms with Crippen LogP contribution in [0.15, 0.2) is 30.3 Å². The third-order valence-corrected chi connectivity index (χ3v) is 4.88. The summed E-state index contributed by atoms with van der Waals surface area (Å²) in [6, 6.07) is 10.2. The molecule has 1 heterocycles. The van der Waals surface area contributed by atoms with Crippen LogP contribution in [0.2, 0.25) is 0 Å². The highest BCUT2D eigenvalue weighted by atomic mass is 32.2. The summed E-state index contributed by atoms with van der Waals surface area (Å²) in [6.07, 6.45) is 4.05. The fourth-order valence-corrected chi connectivity index (χ4v) is 3.65. The van der Waals surface area contributed by atoms with Crippen LogP contribution in [0.1, 0.15) is 25.8 Å². The first-order valence-electron chi connectivity index (χ1n) is 7.75. The van der Waals surface area contributed by atoms with Gasteiger partial charge in [-0.1, -0.05) is 44.2 Å². The monoisotopic (exact) mass is 306 g/mol. The van der Waals surface area contributed by atoms with Crippen LogP contribution in [0.4, 0.5) is 0 Å². The maximum Gasteiger partial charge on any atom is 0.241 e. The maximum atomic E-state index is 12.7. The minimum Gasteiger partial charge on any atom is -0.326 e. The molecule has 0 bridgehead atoms. The molecule has 3 atom stereocenters. The molecule has 4 heteroatoms. The van der Waals surface area contributed by atoms with Crippen LogP contribution in [0, 0.1) is 5.92 Å². The van der Waals surface area contributed by atoms with Crippen LogP contribution in [0.3, 0.4) is 0 Å². The standard InChI is InChI=1S/C17H26N2OS/c1-4-16-18-15(10-14-8-6-5-7-9-14)17(20)19(16)11-13(2)12-21-3/h5-9,13,15-16,18H,4,10-12H2,1-3H3. The molecule has 2 rings (SSSR count). The number of amides is 1. The molecule has 1 aromatic carbocycles. The van der Waals surface area contributed by atoms with Gasteiger partial charge in [0.2, 0.25) is 5.91 Å². The average Bonchev–Trinajstić information content (AvgIpc) is 2.77. The van der Waals surface area contributed by atoms with Crippen LogP contribution in [0.25, 0.3) is 0 Å². The predicted octanol–water partition coefficient (Wildman–Crippen LogP) is 2.76. The van der Waals surface area contributed by atoms with Crippen molar-refractivity contribution in [3.63, 3.8) is 0 Å². The summed E-state index contributed by atoms with van der Waals surface area (Å²) in [7, 11) is 0. The quantitative estimate of drug-likeness (QED) is 0.841. The summed E-state index contributed by atoms with van der Waals surface area (Å²) >= 11 is 1.85. The number of carbonyl (C=O) groups is 1. The van der Waals surface area contributed by atoms with Gasteiger partial charge in [-0.2, -0.15) is 11.8 Å². The number of nitrogens with one attached hydrogen (secondary N) is 1. The average molecular weight is 306 g/mol. The van der Waals surface area contributed by atoms with Crippen molar-refractivity contribution in [1.29, 1.82) is 0 Å². The lowest BCUT2D eigenvalue weighted by Crippen LogP contribution is -2.39. The third kappa shape index (κ3) is 4.24. The smallest absolute Gasteiger partial charge is 0.241 e. The van der Waals surface area contributed by atoms with Gasteiger partial charge in [0.1, 0.15) is 0 Å². The zero-order valence-corrected chi connectivity index (χ0v) is 14.0. The second-order valence-corrected chi connectivity index (χ2v) is 6.79. The Morgan fingerprint density at radius 2 is 2.05 bits per heavy atom. The van der Waals surface area contributed by atoms with Gasteiger partial charge < -0.3 is 4.90 Å². The summed E-state index contributed by atoms with van der Waals surface area (Å²) in [5.41, 5.74) is 1.22. The summed E-state index contributed by atoms with van der Waals surface area (Å²) in [5, 5.41) is 3.51. The number of hydrogen-bond donors (Lipinski definition) is 1. The van der Waals surface area contributed by atoms with Crippen LogP contribution < -0.4 is 5.32 Å². The molecule has 21 heavy (non-hydrogen) atoms. The number of nitrogens with zero attached hydrogens (tertiary/aromatic N) is 1. The molecule has 116 valence electrons. The van der Waals surface area contributed by atoms with E-state index in [4.69, 9.17) is 0 Å². The van der Waals surface area contributed by atoms with Crippen molar-refractivity contribution >= 4 is 17.7 Å². The summed E-state index contributed by atoms with van der Waals surface area (Å²) in [5.74, 6) is 1.90. The van der Waals surface area contributed by atoms with E-state index in [-0.39, 0.29) is 18.1 Å². The first-order chi connectivity index (χ1) is 10.2. The molecule has 0 spiro atoms. The van der Waals surface area contributed by atoms with Crippen molar-refractivity contribution in [2.75, 3.05) is 18.6 Å². The molecule has 1 fully saturated rings. The molecule has 1 amide bonds. The van der Waals surface area contributed by atoms with E-state index in [0.717, 1.165) is 25.1 Å². The van der Waals surface area contributed by atoms with Crippen LogP contribution >= 0.6 is 11.8 Å². The van der Waals surface area contributed by atoms with E-state index >= 15 is 0 Å². The molecule has 0 aliphatic carbocycles. The Morgan fingerprint density at radius 3 is 2.67 bits per heavy atom. The fourth-order valence-electron chi connectivity index (χ4n) is 2.97. The number of carbonyl (C=O) groups excluding carboxylic acids is 1. The highest BCUT2D eigenvalue weighted by Crippen LogP contribution is 2.19. The van der Waals surface area contributed by atoms with E-state index in [9.17, 15) is 4.79 Å². The van der Waals surface area contributed by atoms with Crippen molar-refractivity contribution in [3.8, 4) is 0 Å². The molecule has 1 aliphatic rings. The first kappa shape index (κ1) is 16.4. The van der Waals surface area contributed by atoms with Crippen molar-refractivity contribution in [3.05, 3.63) is 35.9 Å². The summed E-state index contributed by atoms with van der Waals surface area (Å²) in [4.78, 5) is 14.7. The van der Waals surface area contributed by atoms with Crippen LogP contribution in [0.5, 0.6) is 0 Å². The molecule has 0 aromatic heterocycles. The van der Waals surface area contributed by atoms with Crippen molar-refractivity contribution in [2.24, 2.45) is 5.92 Å². The Hall–Kier alpha value is -1.00. The van der Waals surface area contributed by atoms with Gasteiger partial charge in [-0.25, -0.2) is 0 Å². The van der Waals surface area contributed by atoms with E-state index in [2.05, 4.69) is 42.5 Å². The topological polar surface area (TPSA) is 32.3 Å². The van der Waals surface area contributed by atoms with Crippen LogP contribution in [-0.2, 0) is 11.2 Å². The molecule has 1 aromatic rings. The summed E-state index contributed by atoms with van der Waals surface area (Å²) in [6.45, 7) is 5.22. The number of benzene rings is 1. The lowest BCUT2D eigenvalue weighted by atomic mass is 10.1. The van der Waals surface area contributed by atoms with Gasteiger partial charge in [-0.3, -0.25) is 10.1 Å². The normalized spacial score (nSPS) is 23.6. The minimum atomic E-state index is -0.0705. The van der Waals surface area contributed by atoms with Gasteiger partial charge in [0.05, 0.1) is 12.2 Å². The Bertz CT molecular complexity index is 451. The first-order valence-corrected chi connectivity index (χ1v) is 9.14. The van der Waals surface area contributed by atoms with E-state index < -0.39 is 0 Å². The Morgan fingerprint density at radius 1 is 1.33 bits per heavy atom. The highest BCUT2D eigenvalue weighted by Gasteiger charge is 2.37. The van der Waals surface area contributed by atoms with Gasteiger partial charge in [0, 0.05) is 6.54 Å². The Labute approximate surface area is 132 Å². The van der Waals surface area contributed by atoms with E-state index in [1.807, 2.05) is 30.0 Å². The fraction of sp³-hybridized carbons (Fsp3) is 0.588. The second kappa shape index (κ2) is 7.85. The molecule has 3 unspecified atom stereocenters. The zero-order chi connectivity index (χ0) is 15.2. The second-order valence-electron chi connectivity index (χ2n) is 5.88. The van der Waals surface area contributed by atoms with Crippen molar-refractivity contribution < 1.29 is 4.79 Å².